The van der Waals surface area contributed by atoms with E-state index in [1.807, 2.05) is 0 Å². The van der Waals surface area contributed by atoms with Crippen LogP contribution in [0, 0.1) is 11.8 Å². The highest BCUT2D eigenvalue weighted by atomic mass is 14.3. The number of hydrogen-bond acceptors (Lipinski definition) is 0. The molecule has 0 radical (unpaired) electrons. The predicted molar refractivity (Wildman–Crippen MR) is 66.7 cm³/mol. The SMILES string of the molecule is CCC(C)C(C)C1=CCc2ccccc21. The lowest BCUT2D eigenvalue weighted by Crippen LogP contribution is -2.08. The fourth-order valence-corrected chi connectivity index (χ4v) is 2.40. The van der Waals surface area contributed by atoms with E-state index >= 15 is 0 Å². The lowest BCUT2D eigenvalue weighted by atomic mass is 9.84. The molecule has 0 bridgehead atoms. The van der Waals surface area contributed by atoms with Crippen molar-refractivity contribution in [3.63, 3.8) is 0 Å². The second-order valence-electron chi connectivity index (χ2n) is 4.69. The molecule has 0 saturated heterocycles. The van der Waals surface area contributed by atoms with Gasteiger partial charge in [-0.1, -0.05) is 57.5 Å². The molecule has 0 heteroatoms. The summed E-state index contributed by atoms with van der Waals surface area (Å²) < 4.78 is 0. The Balaban J connectivity index is 2.26. The largest absolute Gasteiger partial charge is 0.0760 e. The van der Waals surface area contributed by atoms with Gasteiger partial charge in [-0.05, 0) is 35.0 Å². The van der Waals surface area contributed by atoms with Crippen LogP contribution in [-0.4, -0.2) is 0 Å². The molecule has 0 saturated carbocycles. The fraction of sp³-hybridized carbons (Fsp3) is 0.467. The van der Waals surface area contributed by atoms with Crippen molar-refractivity contribution in [1.82, 2.24) is 0 Å². The van der Waals surface area contributed by atoms with Gasteiger partial charge in [0.1, 0.15) is 0 Å². The normalized spacial score (nSPS) is 18.2. The van der Waals surface area contributed by atoms with Crippen LogP contribution in [0.2, 0.25) is 0 Å². The average molecular weight is 200 g/mol. The molecular weight excluding hydrogens is 180 g/mol. The van der Waals surface area contributed by atoms with E-state index in [2.05, 4.69) is 51.1 Å². The van der Waals surface area contributed by atoms with Crippen LogP contribution in [0.25, 0.3) is 5.57 Å². The molecule has 0 heterocycles. The van der Waals surface area contributed by atoms with E-state index < -0.39 is 0 Å². The molecule has 0 aromatic heterocycles. The van der Waals surface area contributed by atoms with Gasteiger partial charge in [-0.15, -0.1) is 0 Å². The number of hydrogen-bond donors (Lipinski definition) is 0. The van der Waals surface area contributed by atoms with Crippen LogP contribution in [0.15, 0.2) is 30.3 Å². The topological polar surface area (TPSA) is 0 Å². The van der Waals surface area contributed by atoms with Gasteiger partial charge in [0.15, 0.2) is 0 Å². The summed E-state index contributed by atoms with van der Waals surface area (Å²) in [6.07, 6.45) is 4.81. The maximum atomic E-state index is 2.42. The Morgan fingerprint density at radius 3 is 2.67 bits per heavy atom. The third-order valence-corrected chi connectivity index (χ3v) is 3.86. The molecule has 0 fully saturated rings. The van der Waals surface area contributed by atoms with Crippen LogP contribution in [0.3, 0.4) is 0 Å². The molecule has 1 aromatic rings. The van der Waals surface area contributed by atoms with Crippen molar-refractivity contribution >= 4 is 5.57 Å². The Kier molecular flexibility index (Phi) is 2.95. The van der Waals surface area contributed by atoms with E-state index in [4.69, 9.17) is 0 Å². The van der Waals surface area contributed by atoms with Crippen LogP contribution < -0.4 is 0 Å². The molecule has 0 N–H and O–H groups in total. The minimum absolute atomic E-state index is 0.693. The van der Waals surface area contributed by atoms with Crippen molar-refractivity contribution in [3.8, 4) is 0 Å². The van der Waals surface area contributed by atoms with Gasteiger partial charge in [-0.2, -0.15) is 0 Å². The second-order valence-corrected chi connectivity index (χ2v) is 4.69. The van der Waals surface area contributed by atoms with Crippen molar-refractivity contribution in [2.24, 2.45) is 11.8 Å². The lowest BCUT2D eigenvalue weighted by molar-refractivity contribution is 0.458. The fourth-order valence-electron chi connectivity index (χ4n) is 2.40. The van der Waals surface area contributed by atoms with Gasteiger partial charge in [-0.3, -0.25) is 0 Å². The Morgan fingerprint density at radius 2 is 1.93 bits per heavy atom. The smallest absolute Gasteiger partial charge is 0.00853 e. The maximum absolute atomic E-state index is 2.42. The van der Waals surface area contributed by atoms with E-state index in [9.17, 15) is 0 Å². The zero-order valence-corrected chi connectivity index (χ0v) is 9.96. The molecule has 0 nitrogen and oxygen atoms in total. The summed E-state index contributed by atoms with van der Waals surface area (Å²) in [5.41, 5.74) is 4.56. The van der Waals surface area contributed by atoms with Crippen LogP contribution in [0.1, 0.15) is 38.3 Å². The number of fused-ring (bicyclic) bond motifs is 1. The molecule has 2 rings (SSSR count). The van der Waals surface area contributed by atoms with E-state index in [1.165, 1.54) is 17.5 Å². The highest BCUT2D eigenvalue weighted by Gasteiger charge is 2.21. The molecule has 1 aliphatic rings. The first-order chi connectivity index (χ1) is 7.24. The first kappa shape index (κ1) is 10.5. The Bertz CT molecular complexity index is 373. The van der Waals surface area contributed by atoms with Gasteiger partial charge in [0, 0.05) is 0 Å². The molecule has 0 aliphatic heterocycles. The van der Waals surface area contributed by atoms with Crippen molar-refractivity contribution < 1.29 is 0 Å². The molecule has 1 aromatic carbocycles. The molecule has 2 atom stereocenters. The number of rotatable bonds is 3. The average Bonchev–Trinajstić information content (AvgIpc) is 2.70. The number of benzene rings is 1. The summed E-state index contributed by atoms with van der Waals surface area (Å²) in [5, 5.41) is 0. The molecule has 15 heavy (non-hydrogen) atoms. The van der Waals surface area contributed by atoms with Crippen molar-refractivity contribution in [2.45, 2.75) is 33.6 Å². The summed E-state index contributed by atoms with van der Waals surface area (Å²) >= 11 is 0. The van der Waals surface area contributed by atoms with Crippen LogP contribution >= 0.6 is 0 Å². The highest BCUT2D eigenvalue weighted by Crippen LogP contribution is 2.36. The standard InChI is InChI=1S/C15H20/c1-4-11(2)12(3)14-10-9-13-7-5-6-8-15(13)14/h5-8,10-12H,4,9H2,1-3H3. The van der Waals surface area contributed by atoms with Crippen molar-refractivity contribution in [1.29, 1.82) is 0 Å². The van der Waals surface area contributed by atoms with Crippen LogP contribution in [-0.2, 0) is 6.42 Å². The van der Waals surface area contributed by atoms with Gasteiger partial charge >= 0.3 is 0 Å². The van der Waals surface area contributed by atoms with Crippen LogP contribution in [0.5, 0.6) is 0 Å². The van der Waals surface area contributed by atoms with Gasteiger partial charge in [0.05, 0.1) is 0 Å². The maximum Gasteiger partial charge on any atom is -0.00853 e. The first-order valence-electron chi connectivity index (χ1n) is 6.02. The predicted octanol–water partition coefficient (Wildman–Crippen LogP) is 4.31. The van der Waals surface area contributed by atoms with Crippen molar-refractivity contribution in [2.75, 3.05) is 0 Å². The summed E-state index contributed by atoms with van der Waals surface area (Å²) in [4.78, 5) is 0. The Morgan fingerprint density at radius 1 is 1.20 bits per heavy atom. The van der Waals surface area contributed by atoms with Gasteiger partial charge in [0.2, 0.25) is 0 Å². The molecule has 80 valence electrons. The van der Waals surface area contributed by atoms with E-state index in [1.54, 1.807) is 5.57 Å². The van der Waals surface area contributed by atoms with Crippen molar-refractivity contribution in [3.05, 3.63) is 41.5 Å². The minimum atomic E-state index is 0.693. The third kappa shape index (κ3) is 1.86. The monoisotopic (exact) mass is 200 g/mol. The van der Waals surface area contributed by atoms with E-state index in [0.29, 0.717) is 5.92 Å². The first-order valence-corrected chi connectivity index (χ1v) is 6.02. The second kappa shape index (κ2) is 4.22. The molecule has 1 aliphatic carbocycles. The Labute approximate surface area is 93.0 Å². The van der Waals surface area contributed by atoms with E-state index in [0.717, 1.165) is 12.3 Å². The zero-order valence-electron chi connectivity index (χ0n) is 9.96. The lowest BCUT2D eigenvalue weighted by Gasteiger charge is -2.20. The molecule has 0 amide bonds. The van der Waals surface area contributed by atoms with Gasteiger partial charge in [-0.25, -0.2) is 0 Å². The van der Waals surface area contributed by atoms with Crippen LogP contribution in [0.4, 0.5) is 0 Å². The molecule has 0 spiro atoms. The number of allylic oxidation sites excluding steroid dienone is 2. The summed E-state index contributed by atoms with van der Waals surface area (Å²) in [5.74, 6) is 1.47. The van der Waals surface area contributed by atoms with Gasteiger partial charge < -0.3 is 0 Å². The minimum Gasteiger partial charge on any atom is -0.0760 e. The third-order valence-electron chi connectivity index (χ3n) is 3.86. The zero-order chi connectivity index (χ0) is 10.8. The quantitative estimate of drug-likeness (QED) is 0.682. The Hall–Kier alpha value is -1.04. The summed E-state index contributed by atoms with van der Waals surface area (Å²) in [6, 6.07) is 8.82. The summed E-state index contributed by atoms with van der Waals surface area (Å²) in [6.45, 7) is 7.00. The van der Waals surface area contributed by atoms with Gasteiger partial charge in [0.25, 0.3) is 0 Å². The van der Waals surface area contributed by atoms with E-state index in [-0.39, 0.29) is 0 Å². The summed E-state index contributed by atoms with van der Waals surface area (Å²) in [7, 11) is 0. The molecular formula is C15H20. The molecule has 2 unspecified atom stereocenters. The highest BCUT2D eigenvalue weighted by molar-refractivity contribution is 5.74.